The largest absolute Gasteiger partial charge is 0.393 e. The monoisotopic (exact) mass is 155 g/mol. The van der Waals surface area contributed by atoms with Crippen LogP contribution < -0.4 is 5.32 Å². The molecule has 2 heteroatoms. The van der Waals surface area contributed by atoms with E-state index in [4.69, 9.17) is 5.11 Å². The van der Waals surface area contributed by atoms with E-state index in [-0.39, 0.29) is 6.10 Å². The first-order chi connectivity index (χ1) is 5.31. The molecule has 0 bridgehead atoms. The van der Waals surface area contributed by atoms with Gasteiger partial charge in [0, 0.05) is 13.1 Å². The number of rotatable bonds is 4. The van der Waals surface area contributed by atoms with E-state index in [1.165, 1.54) is 0 Å². The van der Waals surface area contributed by atoms with Gasteiger partial charge in [0.25, 0.3) is 0 Å². The van der Waals surface area contributed by atoms with Gasteiger partial charge >= 0.3 is 0 Å². The molecule has 0 aromatic carbocycles. The van der Waals surface area contributed by atoms with Crippen LogP contribution in [0.15, 0.2) is 25.3 Å². The minimum absolute atomic E-state index is 0.0833. The van der Waals surface area contributed by atoms with Gasteiger partial charge in [0.15, 0.2) is 0 Å². The third kappa shape index (κ3) is 12.6. The summed E-state index contributed by atoms with van der Waals surface area (Å²) in [6.45, 7) is 8.81. The molecule has 0 unspecified atom stereocenters. The lowest BCUT2D eigenvalue weighted by Gasteiger charge is -1.90. The van der Waals surface area contributed by atoms with Crippen molar-refractivity contribution < 1.29 is 5.11 Å². The quantitative estimate of drug-likeness (QED) is 0.470. The highest BCUT2D eigenvalue weighted by atomic mass is 16.3. The Labute approximate surface area is 68.6 Å². The van der Waals surface area contributed by atoms with E-state index in [0.29, 0.717) is 0 Å². The van der Waals surface area contributed by atoms with Crippen molar-refractivity contribution in [1.82, 2.24) is 5.32 Å². The Hall–Kier alpha value is -0.600. The zero-order chi connectivity index (χ0) is 8.53. The minimum Gasteiger partial charge on any atom is -0.393 e. The van der Waals surface area contributed by atoms with Crippen LogP contribution in [0.1, 0.15) is 12.8 Å². The van der Waals surface area contributed by atoms with Gasteiger partial charge in [0.05, 0.1) is 6.10 Å². The molecule has 0 heterocycles. The molecule has 1 aliphatic carbocycles. The highest BCUT2D eigenvalue weighted by Gasteiger charge is 2.15. The van der Waals surface area contributed by atoms with Gasteiger partial charge in [-0.05, 0) is 12.8 Å². The zero-order valence-corrected chi connectivity index (χ0v) is 6.92. The van der Waals surface area contributed by atoms with E-state index >= 15 is 0 Å². The van der Waals surface area contributed by atoms with E-state index in [0.717, 1.165) is 25.9 Å². The molecule has 1 saturated carbocycles. The summed E-state index contributed by atoms with van der Waals surface area (Å²) in [5, 5.41) is 11.2. The minimum atomic E-state index is 0.0833. The fourth-order valence-corrected chi connectivity index (χ4v) is 0.362. The van der Waals surface area contributed by atoms with E-state index in [9.17, 15) is 0 Å². The van der Waals surface area contributed by atoms with Crippen molar-refractivity contribution in [3.05, 3.63) is 25.3 Å². The van der Waals surface area contributed by atoms with Crippen LogP contribution in [0.25, 0.3) is 0 Å². The Bertz CT molecular complexity index is 100. The highest BCUT2D eigenvalue weighted by Crippen LogP contribution is 2.16. The topological polar surface area (TPSA) is 32.3 Å². The van der Waals surface area contributed by atoms with Crippen molar-refractivity contribution in [2.75, 3.05) is 13.1 Å². The first-order valence-electron chi connectivity index (χ1n) is 3.91. The Morgan fingerprint density at radius 3 is 1.82 bits per heavy atom. The molecule has 0 atom stereocenters. The predicted octanol–water partition coefficient (Wildman–Crippen LogP) is 1.09. The van der Waals surface area contributed by atoms with E-state index < -0.39 is 0 Å². The van der Waals surface area contributed by atoms with Gasteiger partial charge in [-0.3, -0.25) is 0 Å². The zero-order valence-electron chi connectivity index (χ0n) is 6.92. The molecule has 0 amide bonds. The third-order valence-electron chi connectivity index (χ3n) is 1.12. The first kappa shape index (κ1) is 10.4. The number of hydrogen-bond donors (Lipinski definition) is 2. The molecular weight excluding hydrogens is 138 g/mol. The van der Waals surface area contributed by atoms with Crippen LogP contribution in [0.4, 0.5) is 0 Å². The van der Waals surface area contributed by atoms with Crippen molar-refractivity contribution in [3.8, 4) is 0 Å². The van der Waals surface area contributed by atoms with Gasteiger partial charge in [-0.25, -0.2) is 0 Å². The summed E-state index contributed by atoms with van der Waals surface area (Å²) in [5.41, 5.74) is 0. The Morgan fingerprint density at radius 1 is 1.27 bits per heavy atom. The van der Waals surface area contributed by atoms with E-state index in [1.54, 1.807) is 0 Å². The lowest BCUT2D eigenvalue weighted by molar-refractivity contribution is 0.279. The average molecular weight is 155 g/mol. The molecule has 11 heavy (non-hydrogen) atoms. The second-order valence-electron chi connectivity index (χ2n) is 2.47. The van der Waals surface area contributed by atoms with Crippen LogP contribution in [-0.2, 0) is 0 Å². The van der Waals surface area contributed by atoms with E-state index in [2.05, 4.69) is 18.5 Å². The van der Waals surface area contributed by atoms with Crippen molar-refractivity contribution in [1.29, 1.82) is 0 Å². The van der Waals surface area contributed by atoms with Crippen LogP contribution >= 0.6 is 0 Å². The predicted molar refractivity (Wildman–Crippen MR) is 48.5 cm³/mol. The molecule has 0 saturated heterocycles. The lowest BCUT2D eigenvalue weighted by Crippen LogP contribution is -2.11. The highest BCUT2D eigenvalue weighted by molar-refractivity contribution is 4.75. The maximum atomic E-state index is 8.17. The summed E-state index contributed by atoms with van der Waals surface area (Å²) in [6.07, 6.45) is 5.81. The van der Waals surface area contributed by atoms with Crippen LogP contribution in [0.3, 0.4) is 0 Å². The first-order valence-corrected chi connectivity index (χ1v) is 3.91. The second-order valence-corrected chi connectivity index (χ2v) is 2.47. The van der Waals surface area contributed by atoms with Gasteiger partial charge in [0.2, 0.25) is 0 Å². The van der Waals surface area contributed by atoms with E-state index in [1.807, 2.05) is 12.2 Å². The van der Waals surface area contributed by atoms with Crippen LogP contribution in [0.5, 0.6) is 0 Å². The van der Waals surface area contributed by atoms with Gasteiger partial charge < -0.3 is 10.4 Å². The van der Waals surface area contributed by atoms with Crippen LogP contribution in [0.2, 0.25) is 0 Å². The average Bonchev–Trinajstić information content (AvgIpc) is 2.75. The summed E-state index contributed by atoms with van der Waals surface area (Å²) in [4.78, 5) is 0. The molecule has 2 N–H and O–H groups in total. The molecule has 0 aromatic heterocycles. The molecule has 0 aromatic rings. The van der Waals surface area contributed by atoms with Crippen molar-refractivity contribution in [2.45, 2.75) is 18.9 Å². The maximum Gasteiger partial charge on any atom is 0.0542 e. The third-order valence-corrected chi connectivity index (χ3v) is 1.12. The van der Waals surface area contributed by atoms with Gasteiger partial charge in [-0.15, -0.1) is 13.2 Å². The molecule has 1 aliphatic rings. The lowest BCUT2D eigenvalue weighted by atomic mass is 10.5. The summed E-state index contributed by atoms with van der Waals surface area (Å²) < 4.78 is 0. The Kier molecular flexibility index (Phi) is 7.10. The summed E-state index contributed by atoms with van der Waals surface area (Å²) >= 11 is 0. The van der Waals surface area contributed by atoms with Gasteiger partial charge in [-0.2, -0.15) is 0 Å². The number of hydrogen-bond acceptors (Lipinski definition) is 2. The van der Waals surface area contributed by atoms with Crippen molar-refractivity contribution in [3.63, 3.8) is 0 Å². The normalized spacial score (nSPS) is 14.6. The number of aliphatic hydroxyl groups excluding tert-OH is 1. The molecule has 0 radical (unpaired) electrons. The fraction of sp³-hybridized carbons (Fsp3) is 0.556. The molecule has 1 rings (SSSR count). The fourth-order valence-electron chi connectivity index (χ4n) is 0.362. The van der Waals surface area contributed by atoms with Crippen molar-refractivity contribution >= 4 is 0 Å². The molecule has 1 fully saturated rings. The SMILES string of the molecule is C=CCNCC=C.OC1CC1. The molecule has 0 spiro atoms. The molecule has 64 valence electrons. The molecule has 2 nitrogen and oxygen atoms in total. The standard InChI is InChI=1S/C6H11N.C3H6O/c1-3-5-7-6-4-2;4-3-1-2-3/h3-4,7H,1-2,5-6H2;3-4H,1-2H2. The van der Waals surface area contributed by atoms with Crippen LogP contribution in [0, 0.1) is 0 Å². The Morgan fingerprint density at radius 2 is 1.64 bits per heavy atom. The van der Waals surface area contributed by atoms with Gasteiger partial charge in [0.1, 0.15) is 0 Å². The summed E-state index contributed by atoms with van der Waals surface area (Å²) in [5.74, 6) is 0. The van der Waals surface area contributed by atoms with Crippen LogP contribution in [-0.4, -0.2) is 24.3 Å². The summed E-state index contributed by atoms with van der Waals surface area (Å²) in [7, 11) is 0. The number of nitrogens with one attached hydrogen (secondary N) is 1. The maximum absolute atomic E-state index is 8.17. The van der Waals surface area contributed by atoms with Crippen molar-refractivity contribution in [2.24, 2.45) is 0 Å². The summed E-state index contributed by atoms with van der Waals surface area (Å²) in [6, 6.07) is 0. The molecular formula is C9H17NO. The molecule has 0 aliphatic heterocycles. The second kappa shape index (κ2) is 7.51. The number of aliphatic hydroxyl groups is 1. The van der Waals surface area contributed by atoms with Gasteiger partial charge in [-0.1, -0.05) is 12.2 Å². The smallest absolute Gasteiger partial charge is 0.0542 e. The Balaban J connectivity index is 0.000000207.